The number of para-hydroxylation sites is 1. The lowest BCUT2D eigenvalue weighted by atomic mass is 10.1. The molecular formula is C17H21NO3S. The van der Waals surface area contributed by atoms with Crippen molar-refractivity contribution >= 4 is 17.2 Å². The van der Waals surface area contributed by atoms with E-state index in [-0.39, 0.29) is 12.5 Å². The zero-order chi connectivity index (χ0) is 15.8. The van der Waals surface area contributed by atoms with Gasteiger partial charge in [-0.2, -0.15) is 0 Å². The molecular weight excluding hydrogens is 298 g/mol. The molecule has 1 unspecified atom stereocenters. The summed E-state index contributed by atoms with van der Waals surface area (Å²) in [6.45, 7) is 2.42. The molecule has 0 aliphatic rings. The molecule has 0 saturated carbocycles. The molecule has 1 atom stereocenters. The van der Waals surface area contributed by atoms with E-state index < -0.39 is 5.60 Å². The van der Waals surface area contributed by atoms with Crippen molar-refractivity contribution in [2.24, 2.45) is 0 Å². The second kappa shape index (κ2) is 7.96. The lowest BCUT2D eigenvalue weighted by molar-refractivity contribution is -0.122. The van der Waals surface area contributed by atoms with E-state index in [4.69, 9.17) is 4.74 Å². The van der Waals surface area contributed by atoms with Crippen molar-refractivity contribution in [1.82, 2.24) is 5.32 Å². The van der Waals surface area contributed by atoms with Crippen LogP contribution in [-0.2, 0) is 10.4 Å². The van der Waals surface area contributed by atoms with Crippen molar-refractivity contribution in [3.63, 3.8) is 0 Å². The SMILES string of the molecule is CC(O)(CNC(=O)CCCOc1ccccc1)c1cccs1. The molecule has 5 heteroatoms. The van der Waals surface area contributed by atoms with E-state index in [0.717, 1.165) is 10.6 Å². The van der Waals surface area contributed by atoms with Gasteiger partial charge in [0, 0.05) is 11.3 Å². The Morgan fingerprint density at radius 3 is 2.73 bits per heavy atom. The quantitative estimate of drug-likeness (QED) is 0.736. The highest BCUT2D eigenvalue weighted by atomic mass is 32.1. The van der Waals surface area contributed by atoms with Crippen molar-refractivity contribution in [3.05, 3.63) is 52.7 Å². The van der Waals surface area contributed by atoms with Crippen LogP contribution in [0.1, 0.15) is 24.6 Å². The van der Waals surface area contributed by atoms with Crippen molar-refractivity contribution < 1.29 is 14.6 Å². The number of carbonyl (C=O) groups is 1. The maximum absolute atomic E-state index is 11.8. The number of aliphatic hydroxyl groups is 1. The fourth-order valence-corrected chi connectivity index (χ4v) is 2.76. The zero-order valence-electron chi connectivity index (χ0n) is 12.6. The molecule has 1 amide bonds. The summed E-state index contributed by atoms with van der Waals surface area (Å²) in [5.74, 6) is 0.733. The van der Waals surface area contributed by atoms with Gasteiger partial charge in [0.05, 0.1) is 13.2 Å². The van der Waals surface area contributed by atoms with Gasteiger partial charge in [0.1, 0.15) is 11.4 Å². The first kappa shape index (κ1) is 16.5. The highest BCUT2D eigenvalue weighted by Gasteiger charge is 2.24. The highest BCUT2D eigenvalue weighted by Crippen LogP contribution is 2.24. The normalized spacial score (nSPS) is 13.4. The van der Waals surface area contributed by atoms with Crippen LogP contribution in [0.2, 0.25) is 0 Å². The number of carbonyl (C=O) groups excluding carboxylic acids is 1. The number of amides is 1. The molecule has 2 rings (SSSR count). The van der Waals surface area contributed by atoms with Gasteiger partial charge in [-0.05, 0) is 36.9 Å². The Labute approximate surface area is 134 Å². The van der Waals surface area contributed by atoms with Crippen LogP contribution in [0.5, 0.6) is 5.75 Å². The van der Waals surface area contributed by atoms with Gasteiger partial charge in [0.15, 0.2) is 0 Å². The molecule has 0 saturated heterocycles. The molecule has 2 aromatic rings. The Bertz CT molecular complexity index is 567. The summed E-state index contributed by atoms with van der Waals surface area (Å²) in [5, 5.41) is 15.0. The Morgan fingerprint density at radius 1 is 1.27 bits per heavy atom. The minimum atomic E-state index is -1.02. The molecule has 0 bridgehead atoms. The Balaban J connectivity index is 1.64. The van der Waals surface area contributed by atoms with Gasteiger partial charge in [-0.15, -0.1) is 11.3 Å². The zero-order valence-corrected chi connectivity index (χ0v) is 13.4. The van der Waals surface area contributed by atoms with Crippen LogP contribution in [0.3, 0.4) is 0 Å². The van der Waals surface area contributed by atoms with Crippen molar-refractivity contribution in [2.45, 2.75) is 25.4 Å². The Morgan fingerprint density at radius 2 is 2.05 bits per heavy atom. The molecule has 4 nitrogen and oxygen atoms in total. The lowest BCUT2D eigenvalue weighted by Crippen LogP contribution is -2.38. The maximum atomic E-state index is 11.8. The first-order valence-electron chi connectivity index (χ1n) is 7.29. The van der Waals surface area contributed by atoms with Gasteiger partial charge >= 0.3 is 0 Å². The van der Waals surface area contributed by atoms with Gasteiger partial charge in [-0.1, -0.05) is 24.3 Å². The topological polar surface area (TPSA) is 58.6 Å². The molecule has 22 heavy (non-hydrogen) atoms. The number of nitrogens with one attached hydrogen (secondary N) is 1. The van der Waals surface area contributed by atoms with E-state index in [0.29, 0.717) is 19.4 Å². The van der Waals surface area contributed by atoms with E-state index in [1.807, 2.05) is 47.8 Å². The summed E-state index contributed by atoms with van der Waals surface area (Å²) in [6.07, 6.45) is 1.02. The summed E-state index contributed by atoms with van der Waals surface area (Å²) >= 11 is 1.48. The summed E-state index contributed by atoms with van der Waals surface area (Å²) < 4.78 is 5.53. The Kier molecular flexibility index (Phi) is 5.98. The molecule has 0 aliphatic carbocycles. The third kappa shape index (κ3) is 5.16. The van der Waals surface area contributed by atoms with Crippen LogP contribution in [-0.4, -0.2) is 24.2 Å². The first-order valence-corrected chi connectivity index (χ1v) is 8.17. The summed E-state index contributed by atoms with van der Waals surface area (Å²) in [6, 6.07) is 13.3. The van der Waals surface area contributed by atoms with E-state index in [1.165, 1.54) is 11.3 Å². The molecule has 2 N–H and O–H groups in total. The smallest absolute Gasteiger partial charge is 0.220 e. The summed E-state index contributed by atoms with van der Waals surface area (Å²) in [7, 11) is 0. The number of hydrogen-bond acceptors (Lipinski definition) is 4. The molecule has 0 spiro atoms. The van der Waals surface area contributed by atoms with Gasteiger partial charge in [-0.25, -0.2) is 0 Å². The van der Waals surface area contributed by atoms with E-state index >= 15 is 0 Å². The van der Waals surface area contributed by atoms with Crippen LogP contribution in [0.15, 0.2) is 47.8 Å². The third-order valence-corrected chi connectivity index (χ3v) is 4.36. The minimum Gasteiger partial charge on any atom is -0.494 e. The van der Waals surface area contributed by atoms with Gasteiger partial charge in [0.2, 0.25) is 5.91 Å². The fraction of sp³-hybridized carbons (Fsp3) is 0.353. The predicted octanol–water partition coefficient (Wildman–Crippen LogP) is 2.93. The molecule has 0 radical (unpaired) electrons. The van der Waals surface area contributed by atoms with Crippen molar-refractivity contribution in [1.29, 1.82) is 0 Å². The number of benzene rings is 1. The minimum absolute atomic E-state index is 0.0755. The number of hydrogen-bond donors (Lipinski definition) is 2. The van der Waals surface area contributed by atoms with E-state index in [2.05, 4.69) is 5.32 Å². The average Bonchev–Trinajstić information content (AvgIpc) is 3.06. The second-order valence-electron chi connectivity index (χ2n) is 5.29. The fourth-order valence-electron chi connectivity index (χ4n) is 1.97. The van der Waals surface area contributed by atoms with E-state index in [9.17, 15) is 9.90 Å². The summed E-state index contributed by atoms with van der Waals surface area (Å²) in [5.41, 5.74) is -1.02. The molecule has 1 heterocycles. The van der Waals surface area contributed by atoms with Crippen LogP contribution >= 0.6 is 11.3 Å². The van der Waals surface area contributed by atoms with Crippen molar-refractivity contribution in [3.8, 4) is 5.75 Å². The predicted molar refractivity (Wildman–Crippen MR) is 88.1 cm³/mol. The molecule has 0 fully saturated rings. The molecule has 118 valence electrons. The first-order chi connectivity index (χ1) is 10.6. The largest absolute Gasteiger partial charge is 0.494 e. The number of ether oxygens (including phenoxy) is 1. The second-order valence-corrected chi connectivity index (χ2v) is 6.24. The Hall–Kier alpha value is -1.85. The molecule has 0 aliphatic heterocycles. The monoisotopic (exact) mass is 319 g/mol. The summed E-state index contributed by atoms with van der Waals surface area (Å²) in [4.78, 5) is 12.6. The van der Waals surface area contributed by atoms with E-state index in [1.54, 1.807) is 6.92 Å². The maximum Gasteiger partial charge on any atom is 0.220 e. The highest BCUT2D eigenvalue weighted by molar-refractivity contribution is 7.10. The van der Waals surface area contributed by atoms with Crippen LogP contribution < -0.4 is 10.1 Å². The number of thiophene rings is 1. The van der Waals surface area contributed by atoms with Crippen LogP contribution in [0.4, 0.5) is 0 Å². The van der Waals surface area contributed by atoms with Gasteiger partial charge in [0.25, 0.3) is 0 Å². The molecule has 1 aromatic carbocycles. The average molecular weight is 319 g/mol. The lowest BCUT2D eigenvalue weighted by Gasteiger charge is -2.22. The van der Waals surface area contributed by atoms with Crippen molar-refractivity contribution in [2.75, 3.05) is 13.2 Å². The van der Waals surface area contributed by atoms with Crippen LogP contribution in [0, 0.1) is 0 Å². The molecule has 1 aromatic heterocycles. The standard InChI is InChI=1S/C17H21NO3S/c1-17(20,15-9-6-12-22-15)13-18-16(19)10-5-11-21-14-7-3-2-4-8-14/h2-4,6-9,12,20H,5,10-11,13H2,1H3,(H,18,19). The van der Waals surface area contributed by atoms with Gasteiger partial charge < -0.3 is 15.2 Å². The number of rotatable bonds is 8. The van der Waals surface area contributed by atoms with Gasteiger partial charge in [-0.3, -0.25) is 4.79 Å². The third-order valence-electron chi connectivity index (χ3n) is 3.24. The van der Waals surface area contributed by atoms with Crippen LogP contribution in [0.25, 0.3) is 0 Å².